The summed E-state index contributed by atoms with van der Waals surface area (Å²) in [5.41, 5.74) is 4.49. The van der Waals surface area contributed by atoms with Gasteiger partial charge in [0.25, 0.3) is 0 Å². The van der Waals surface area contributed by atoms with Gasteiger partial charge in [-0.2, -0.15) is 0 Å². The first-order chi connectivity index (χ1) is 16.2. The van der Waals surface area contributed by atoms with Crippen LogP contribution in [0.25, 0.3) is 0 Å². The number of rotatable bonds is 9. The average molecular weight is 522 g/mol. The maximum atomic E-state index is 13.3. The largest absolute Gasteiger partial charge is 0.352 e. The molecular weight excluding hydrogens is 487 g/mol. The molecule has 0 heterocycles. The van der Waals surface area contributed by atoms with Crippen LogP contribution in [-0.2, 0) is 21.9 Å². The van der Waals surface area contributed by atoms with E-state index in [1.807, 2.05) is 13.0 Å². The summed E-state index contributed by atoms with van der Waals surface area (Å²) >= 11 is 13.8. The number of amides is 2. The summed E-state index contributed by atoms with van der Waals surface area (Å²) in [6.45, 7) is 6.27. The zero-order valence-corrected chi connectivity index (χ0v) is 22.5. The summed E-state index contributed by atoms with van der Waals surface area (Å²) in [7, 11) is 0. The zero-order chi connectivity index (χ0) is 24.7. The Kier molecular flexibility index (Phi) is 10.2. The SMILES string of the molecule is Cc1cc(C)cc(CSCC(=O)N(Cc2ccc(Cl)c(Cl)c2)[C@@H](C)C(=O)NC2CCCCC2)c1. The van der Waals surface area contributed by atoms with Crippen molar-refractivity contribution in [1.82, 2.24) is 10.2 Å². The van der Waals surface area contributed by atoms with Crippen LogP contribution in [0.4, 0.5) is 0 Å². The maximum Gasteiger partial charge on any atom is 0.242 e. The Balaban J connectivity index is 1.69. The van der Waals surface area contributed by atoms with Gasteiger partial charge in [0.15, 0.2) is 0 Å². The molecular formula is C27H34Cl2N2O2S. The molecule has 2 aromatic carbocycles. The lowest BCUT2D eigenvalue weighted by Crippen LogP contribution is -2.50. The van der Waals surface area contributed by atoms with Gasteiger partial charge in [0.1, 0.15) is 6.04 Å². The van der Waals surface area contributed by atoms with E-state index in [0.29, 0.717) is 22.3 Å². The van der Waals surface area contributed by atoms with Crippen molar-refractivity contribution in [2.45, 2.75) is 77.3 Å². The molecule has 0 spiro atoms. The van der Waals surface area contributed by atoms with E-state index >= 15 is 0 Å². The van der Waals surface area contributed by atoms with Crippen LogP contribution in [0.15, 0.2) is 36.4 Å². The number of nitrogens with zero attached hydrogens (tertiary/aromatic N) is 1. The highest BCUT2D eigenvalue weighted by molar-refractivity contribution is 7.99. The minimum atomic E-state index is -0.578. The quantitative estimate of drug-likeness (QED) is 0.399. The molecule has 4 nitrogen and oxygen atoms in total. The summed E-state index contributed by atoms with van der Waals surface area (Å²) in [4.78, 5) is 28.1. The lowest BCUT2D eigenvalue weighted by molar-refractivity contribution is -0.139. The van der Waals surface area contributed by atoms with E-state index in [9.17, 15) is 9.59 Å². The lowest BCUT2D eigenvalue weighted by atomic mass is 9.95. The molecule has 1 fully saturated rings. The first-order valence-electron chi connectivity index (χ1n) is 11.9. The highest BCUT2D eigenvalue weighted by atomic mass is 35.5. The normalized spacial score (nSPS) is 15.1. The van der Waals surface area contributed by atoms with Gasteiger partial charge in [0.2, 0.25) is 11.8 Å². The molecule has 0 saturated heterocycles. The van der Waals surface area contributed by atoms with Gasteiger partial charge in [0, 0.05) is 18.3 Å². The van der Waals surface area contributed by atoms with Crippen LogP contribution in [0.3, 0.4) is 0 Å². The molecule has 2 amide bonds. The van der Waals surface area contributed by atoms with Crippen molar-refractivity contribution >= 4 is 46.8 Å². The predicted molar refractivity (Wildman–Crippen MR) is 144 cm³/mol. The predicted octanol–water partition coefficient (Wildman–Crippen LogP) is 6.71. The summed E-state index contributed by atoms with van der Waals surface area (Å²) in [5, 5.41) is 4.08. The smallest absolute Gasteiger partial charge is 0.242 e. The maximum absolute atomic E-state index is 13.3. The van der Waals surface area contributed by atoms with Crippen LogP contribution < -0.4 is 5.32 Å². The minimum absolute atomic E-state index is 0.0632. The van der Waals surface area contributed by atoms with Crippen molar-refractivity contribution < 1.29 is 9.59 Å². The van der Waals surface area contributed by atoms with E-state index in [1.165, 1.54) is 23.1 Å². The first kappa shape index (κ1) is 26.9. The van der Waals surface area contributed by atoms with Gasteiger partial charge in [-0.15, -0.1) is 11.8 Å². The summed E-state index contributed by atoms with van der Waals surface area (Å²) in [5.74, 6) is 0.888. The van der Waals surface area contributed by atoms with Crippen LogP contribution in [0, 0.1) is 13.8 Å². The van der Waals surface area contributed by atoms with E-state index in [2.05, 4.69) is 37.4 Å². The van der Waals surface area contributed by atoms with Gasteiger partial charge in [-0.1, -0.05) is 77.9 Å². The van der Waals surface area contributed by atoms with Gasteiger partial charge >= 0.3 is 0 Å². The second kappa shape index (κ2) is 12.9. The molecule has 2 aromatic rings. The Hall–Kier alpha value is -1.69. The van der Waals surface area contributed by atoms with Gasteiger partial charge in [-0.05, 0) is 56.9 Å². The van der Waals surface area contributed by atoms with Crippen molar-refractivity contribution in [3.05, 3.63) is 68.7 Å². The second-order valence-corrected chi connectivity index (χ2v) is 11.1. The topological polar surface area (TPSA) is 49.4 Å². The third-order valence-corrected chi connectivity index (χ3v) is 7.96. The molecule has 34 heavy (non-hydrogen) atoms. The average Bonchev–Trinajstić information content (AvgIpc) is 2.79. The molecule has 0 radical (unpaired) electrons. The Morgan fingerprint density at radius 1 is 1.00 bits per heavy atom. The molecule has 1 aliphatic rings. The number of halogens is 2. The summed E-state index contributed by atoms with van der Waals surface area (Å²) < 4.78 is 0. The van der Waals surface area contributed by atoms with Crippen molar-refractivity contribution in [3.8, 4) is 0 Å². The van der Waals surface area contributed by atoms with E-state index in [1.54, 1.807) is 28.8 Å². The Bertz CT molecular complexity index is 988. The third kappa shape index (κ3) is 7.93. The van der Waals surface area contributed by atoms with E-state index in [4.69, 9.17) is 23.2 Å². The lowest BCUT2D eigenvalue weighted by Gasteiger charge is -2.31. The number of aryl methyl sites for hydroxylation is 2. The number of hydrogen-bond donors (Lipinski definition) is 1. The highest BCUT2D eigenvalue weighted by Crippen LogP contribution is 2.25. The van der Waals surface area contributed by atoms with Crippen LogP contribution in [-0.4, -0.2) is 34.6 Å². The number of carbonyl (C=O) groups is 2. The molecule has 184 valence electrons. The molecule has 1 atom stereocenters. The zero-order valence-electron chi connectivity index (χ0n) is 20.2. The molecule has 1 saturated carbocycles. The van der Waals surface area contributed by atoms with Crippen molar-refractivity contribution in [1.29, 1.82) is 0 Å². The van der Waals surface area contributed by atoms with Crippen molar-refractivity contribution in [2.75, 3.05) is 5.75 Å². The second-order valence-electron chi connectivity index (χ2n) is 9.28. The van der Waals surface area contributed by atoms with Crippen LogP contribution in [0.1, 0.15) is 61.3 Å². The van der Waals surface area contributed by atoms with Crippen molar-refractivity contribution in [2.24, 2.45) is 0 Å². The number of nitrogens with one attached hydrogen (secondary N) is 1. The number of thioether (sulfide) groups is 1. The summed E-state index contributed by atoms with van der Waals surface area (Å²) in [6.07, 6.45) is 5.51. The fourth-order valence-electron chi connectivity index (χ4n) is 4.48. The molecule has 3 rings (SSSR count). The first-order valence-corrected chi connectivity index (χ1v) is 13.8. The molecule has 1 aliphatic carbocycles. The monoisotopic (exact) mass is 520 g/mol. The third-order valence-electron chi connectivity index (χ3n) is 6.23. The highest BCUT2D eigenvalue weighted by Gasteiger charge is 2.28. The van der Waals surface area contributed by atoms with E-state index < -0.39 is 6.04 Å². The molecule has 7 heteroatoms. The van der Waals surface area contributed by atoms with Crippen molar-refractivity contribution in [3.63, 3.8) is 0 Å². The van der Waals surface area contributed by atoms with Gasteiger partial charge < -0.3 is 10.2 Å². The standard InChI is InChI=1S/C27H34Cl2N2O2S/c1-18-11-19(2)13-22(12-18)16-34-17-26(32)31(15-21-9-10-24(28)25(29)14-21)20(3)27(33)30-23-7-5-4-6-8-23/h9-14,20,23H,4-8,15-17H2,1-3H3,(H,30,33)/t20-/m0/s1. The molecule has 0 bridgehead atoms. The fourth-order valence-corrected chi connectivity index (χ4v) is 5.64. The molecule has 0 aromatic heterocycles. The number of benzene rings is 2. The Morgan fingerprint density at radius 2 is 1.68 bits per heavy atom. The Labute approximate surface area is 217 Å². The van der Waals surface area contributed by atoms with Gasteiger partial charge in [-0.3, -0.25) is 9.59 Å². The van der Waals surface area contributed by atoms with Gasteiger partial charge in [-0.25, -0.2) is 0 Å². The molecule has 0 aliphatic heterocycles. The number of carbonyl (C=O) groups excluding carboxylic acids is 2. The fraction of sp³-hybridized carbons (Fsp3) is 0.481. The summed E-state index contributed by atoms with van der Waals surface area (Å²) in [6, 6.07) is 11.4. The number of hydrogen-bond acceptors (Lipinski definition) is 3. The van der Waals surface area contributed by atoms with E-state index in [0.717, 1.165) is 37.0 Å². The van der Waals surface area contributed by atoms with Crippen LogP contribution in [0.5, 0.6) is 0 Å². The minimum Gasteiger partial charge on any atom is -0.352 e. The molecule has 1 N–H and O–H groups in total. The Morgan fingerprint density at radius 3 is 2.32 bits per heavy atom. The van der Waals surface area contributed by atoms with Gasteiger partial charge in [0.05, 0.1) is 15.8 Å². The van der Waals surface area contributed by atoms with E-state index in [-0.39, 0.29) is 17.9 Å². The molecule has 0 unspecified atom stereocenters. The van der Waals surface area contributed by atoms with Crippen LogP contribution in [0.2, 0.25) is 10.0 Å². The van der Waals surface area contributed by atoms with Crippen LogP contribution >= 0.6 is 35.0 Å².